The molecule has 4 nitrogen and oxygen atoms in total. The number of ether oxygens (including phenoxy) is 1. The van der Waals surface area contributed by atoms with Crippen molar-refractivity contribution in [3.63, 3.8) is 0 Å². The van der Waals surface area contributed by atoms with Crippen molar-refractivity contribution >= 4 is 5.91 Å². The van der Waals surface area contributed by atoms with E-state index in [1.807, 2.05) is 43.3 Å². The molecule has 2 rings (SSSR count). The number of nitrogens with one attached hydrogen (secondary N) is 1. The molecule has 1 amide bonds. The van der Waals surface area contributed by atoms with Crippen molar-refractivity contribution in [2.75, 3.05) is 7.11 Å². The Kier molecular flexibility index (Phi) is 5.32. The van der Waals surface area contributed by atoms with E-state index in [2.05, 4.69) is 10.3 Å². The third-order valence-corrected chi connectivity index (χ3v) is 3.36. The average Bonchev–Trinajstić information content (AvgIpc) is 2.54. The van der Waals surface area contributed by atoms with Gasteiger partial charge in [0.2, 0.25) is 5.91 Å². The Balaban J connectivity index is 1.81. The van der Waals surface area contributed by atoms with Crippen LogP contribution in [0.5, 0.6) is 5.75 Å². The minimum absolute atomic E-state index is 0.0259. The lowest BCUT2D eigenvalue weighted by atomic mass is 10.1. The van der Waals surface area contributed by atoms with E-state index in [1.165, 1.54) is 0 Å². The highest BCUT2D eigenvalue weighted by Gasteiger charge is 2.09. The van der Waals surface area contributed by atoms with Gasteiger partial charge in [-0.15, -0.1) is 0 Å². The molecule has 0 aliphatic heterocycles. The number of rotatable bonds is 6. The van der Waals surface area contributed by atoms with Crippen molar-refractivity contribution in [2.45, 2.75) is 25.8 Å². The number of hydrogen-bond donors (Lipinski definition) is 1. The van der Waals surface area contributed by atoms with Gasteiger partial charge in [0.1, 0.15) is 5.75 Å². The topological polar surface area (TPSA) is 51.2 Å². The second kappa shape index (κ2) is 7.43. The molecular weight excluding hydrogens is 264 g/mol. The Bertz CT molecular complexity index is 567. The average molecular weight is 284 g/mol. The second-order valence-electron chi connectivity index (χ2n) is 4.92. The summed E-state index contributed by atoms with van der Waals surface area (Å²) in [5, 5.41) is 2.99. The van der Waals surface area contributed by atoms with Crippen molar-refractivity contribution in [2.24, 2.45) is 0 Å². The highest BCUT2D eigenvalue weighted by molar-refractivity contribution is 5.76. The molecule has 21 heavy (non-hydrogen) atoms. The number of amides is 1. The number of nitrogens with zero attached hydrogens (tertiary/aromatic N) is 1. The van der Waals surface area contributed by atoms with Crippen LogP contribution in [0.2, 0.25) is 0 Å². The van der Waals surface area contributed by atoms with Crippen molar-refractivity contribution in [1.29, 1.82) is 0 Å². The van der Waals surface area contributed by atoms with Crippen LogP contribution in [-0.4, -0.2) is 18.0 Å². The van der Waals surface area contributed by atoms with Gasteiger partial charge in [-0.25, -0.2) is 0 Å². The zero-order valence-electron chi connectivity index (χ0n) is 12.4. The van der Waals surface area contributed by atoms with Crippen LogP contribution in [0.4, 0.5) is 0 Å². The van der Waals surface area contributed by atoms with Crippen molar-refractivity contribution in [3.8, 4) is 5.75 Å². The summed E-state index contributed by atoms with van der Waals surface area (Å²) >= 11 is 0. The van der Waals surface area contributed by atoms with Gasteiger partial charge >= 0.3 is 0 Å². The zero-order chi connectivity index (χ0) is 15.1. The molecule has 1 aromatic heterocycles. The van der Waals surface area contributed by atoms with E-state index < -0.39 is 0 Å². The smallest absolute Gasteiger partial charge is 0.220 e. The third-order valence-electron chi connectivity index (χ3n) is 3.36. The monoisotopic (exact) mass is 284 g/mol. The normalized spacial score (nSPS) is 11.7. The molecule has 2 aromatic rings. The van der Waals surface area contributed by atoms with Crippen LogP contribution >= 0.6 is 0 Å². The number of hydrogen-bond acceptors (Lipinski definition) is 3. The molecule has 0 bridgehead atoms. The Hall–Kier alpha value is -2.36. The van der Waals surface area contributed by atoms with Crippen LogP contribution in [0.25, 0.3) is 0 Å². The fourth-order valence-corrected chi connectivity index (χ4v) is 2.08. The fourth-order valence-electron chi connectivity index (χ4n) is 2.08. The van der Waals surface area contributed by atoms with Crippen LogP contribution in [0, 0.1) is 0 Å². The molecule has 0 aliphatic rings. The first-order chi connectivity index (χ1) is 10.2. The van der Waals surface area contributed by atoms with Crippen LogP contribution in [-0.2, 0) is 11.2 Å². The minimum atomic E-state index is -0.0259. The van der Waals surface area contributed by atoms with Gasteiger partial charge in [0.15, 0.2) is 0 Å². The second-order valence-corrected chi connectivity index (χ2v) is 4.92. The summed E-state index contributed by atoms with van der Waals surface area (Å²) in [4.78, 5) is 16.0. The molecule has 0 saturated carbocycles. The first-order valence-electron chi connectivity index (χ1n) is 7.01. The molecule has 0 saturated heterocycles. The van der Waals surface area contributed by atoms with E-state index in [9.17, 15) is 4.79 Å². The van der Waals surface area contributed by atoms with E-state index in [-0.39, 0.29) is 11.9 Å². The van der Waals surface area contributed by atoms with E-state index in [0.717, 1.165) is 23.3 Å². The number of carbonyl (C=O) groups excluding carboxylic acids is 1. The molecule has 1 heterocycles. The van der Waals surface area contributed by atoms with Gasteiger partial charge in [0.25, 0.3) is 0 Å². The summed E-state index contributed by atoms with van der Waals surface area (Å²) in [5.74, 6) is 0.871. The molecular formula is C17H20N2O2. The van der Waals surface area contributed by atoms with Crippen LogP contribution in [0.15, 0.2) is 48.8 Å². The van der Waals surface area contributed by atoms with Crippen molar-refractivity contribution in [3.05, 3.63) is 59.9 Å². The Morgan fingerprint density at radius 2 is 2.05 bits per heavy atom. The zero-order valence-corrected chi connectivity index (χ0v) is 12.4. The molecule has 4 heteroatoms. The lowest BCUT2D eigenvalue weighted by Gasteiger charge is -2.13. The summed E-state index contributed by atoms with van der Waals surface area (Å²) in [6, 6.07) is 11.6. The molecule has 1 unspecified atom stereocenters. The molecule has 1 atom stereocenters. The highest BCUT2D eigenvalue weighted by atomic mass is 16.5. The van der Waals surface area contributed by atoms with Gasteiger partial charge in [0, 0.05) is 18.8 Å². The van der Waals surface area contributed by atoms with Crippen LogP contribution < -0.4 is 10.1 Å². The number of methoxy groups -OCH3 is 1. The predicted octanol–water partition coefficient (Wildman–Crippen LogP) is 2.90. The molecule has 0 radical (unpaired) electrons. The highest BCUT2D eigenvalue weighted by Crippen LogP contribution is 2.13. The van der Waals surface area contributed by atoms with Gasteiger partial charge in [0.05, 0.1) is 13.2 Å². The lowest BCUT2D eigenvalue weighted by Crippen LogP contribution is -2.26. The maximum absolute atomic E-state index is 12.0. The molecule has 0 spiro atoms. The van der Waals surface area contributed by atoms with Gasteiger partial charge in [-0.2, -0.15) is 0 Å². The van der Waals surface area contributed by atoms with E-state index in [1.54, 1.807) is 19.5 Å². The lowest BCUT2D eigenvalue weighted by molar-refractivity contribution is -0.121. The van der Waals surface area contributed by atoms with E-state index >= 15 is 0 Å². The van der Waals surface area contributed by atoms with Gasteiger partial charge in [-0.3, -0.25) is 9.78 Å². The molecule has 1 aromatic carbocycles. The van der Waals surface area contributed by atoms with Crippen LogP contribution in [0.1, 0.15) is 30.5 Å². The number of carbonyl (C=O) groups is 1. The number of pyridine rings is 1. The molecule has 110 valence electrons. The maximum atomic E-state index is 12.0. The standard InChI is InChI=1S/C17H20N2O2/c1-13(15-4-3-11-18-12-15)19-17(20)10-7-14-5-8-16(21-2)9-6-14/h3-6,8-9,11-13H,7,10H2,1-2H3,(H,19,20). The summed E-state index contributed by atoms with van der Waals surface area (Å²) < 4.78 is 5.11. The first kappa shape index (κ1) is 15.0. The molecule has 0 aliphatic carbocycles. The SMILES string of the molecule is COc1ccc(CCC(=O)NC(C)c2cccnc2)cc1. The Morgan fingerprint density at radius 3 is 2.67 bits per heavy atom. The number of benzene rings is 1. The van der Waals surface area contributed by atoms with Gasteiger partial charge in [-0.05, 0) is 42.7 Å². The predicted molar refractivity (Wildman–Crippen MR) is 82.1 cm³/mol. The maximum Gasteiger partial charge on any atom is 0.220 e. The summed E-state index contributed by atoms with van der Waals surface area (Å²) in [7, 11) is 1.64. The van der Waals surface area contributed by atoms with Crippen LogP contribution in [0.3, 0.4) is 0 Å². The van der Waals surface area contributed by atoms with E-state index in [0.29, 0.717) is 6.42 Å². The third kappa shape index (κ3) is 4.60. The number of aromatic nitrogens is 1. The summed E-state index contributed by atoms with van der Waals surface area (Å²) in [5.41, 5.74) is 2.13. The molecule has 0 fully saturated rings. The minimum Gasteiger partial charge on any atom is -0.497 e. The summed E-state index contributed by atoms with van der Waals surface area (Å²) in [6.07, 6.45) is 4.68. The van der Waals surface area contributed by atoms with Gasteiger partial charge < -0.3 is 10.1 Å². The fraction of sp³-hybridized carbons (Fsp3) is 0.294. The van der Waals surface area contributed by atoms with Crippen molar-refractivity contribution < 1.29 is 9.53 Å². The first-order valence-corrected chi connectivity index (χ1v) is 7.01. The largest absolute Gasteiger partial charge is 0.497 e. The summed E-state index contributed by atoms with van der Waals surface area (Å²) in [6.45, 7) is 1.96. The molecule has 1 N–H and O–H groups in total. The Labute approximate surface area is 125 Å². The quantitative estimate of drug-likeness (QED) is 0.887. The number of aryl methyl sites for hydroxylation is 1. The van der Waals surface area contributed by atoms with Gasteiger partial charge in [-0.1, -0.05) is 18.2 Å². The Morgan fingerprint density at radius 1 is 1.29 bits per heavy atom. The van der Waals surface area contributed by atoms with Crippen molar-refractivity contribution in [1.82, 2.24) is 10.3 Å². The van der Waals surface area contributed by atoms with E-state index in [4.69, 9.17) is 4.74 Å².